The van der Waals surface area contributed by atoms with E-state index in [9.17, 15) is 9.59 Å². The smallest absolute Gasteiger partial charge is 0.328 e. The Bertz CT molecular complexity index is 535. The monoisotopic (exact) mass is 293 g/mol. The van der Waals surface area contributed by atoms with E-state index >= 15 is 0 Å². The minimum atomic E-state index is -0.981. The van der Waals surface area contributed by atoms with Gasteiger partial charge in [0.25, 0.3) is 5.91 Å². The molecule has 1 fully saturated rings. The van der Waals surface area contributed by atoms with Crippen molar-refractivity contribution in [2.45, 2.75) is 45.2 Å². The van der Waals surface area contributed by atoms with Crippen LogP contribution in [-0.4, -0.2) is 34.0 Å². The first kappa shape index (κ1) is 14.8. The first-order valence-corrected chi connectivity index (χ1v) is 7.73. The van der Waals surface area contributed by atoms with Crippen molar-refractivity contribution in [1.29, 1.82) is 0 Å². The van der Waals surface area contributed by atoms with Crippen LogP contribution in [0.25, 0.3) is 6.08 Å². The average Bonchev–Trinajstić information content (AvgIpc) is 3.02. The zero-order valence-electron chi connectivity index (χ0n) is 11.7. The highest BCUT2D eigenvalue weighted by Crippen LogP contribution is 2.29. The van der Waals surface area contributed by atoms with Crippen LogP contribution >= 0.6 is 11.3 Å². The molecule has 0 spiro atoms. The molecule has 2 unspecified atom stereocenters. The van der Waals surface area contributed by atoms with Gasteiger partial charge < -0.3 is 10.0 Å². The predicted molar refractivity (Wildman–Crippen MR) is 79.9 cm³/mol. The topological polar surface area (TPSA) is 57.6 Å². The van der Waals surface area contributed by atoms with Gasteiger partial charge in [0.1, 0.15) is 0 Å². The van der Waals surface area contributed by atoms with Gasteiger partial charge in [-0.15, -0.1) is 11.3 Å². The van der Waals surface area contributed by atoms with Gasteiger partial charge in [-0.3, -0.25) is 4.79 Å². The molecule has 0 aromatic carbocycles. The van der Waals surface area contributed by atoms with Gasteiger partial charge in [0.2, 0.25) is 0 Å². The number of rotatable bonds is 4. The average molecular weight is 293 g/mol. The number of carbonyl (C=O) groups is 2. The molecule has 2 rings (SSSR count). The van der Waals surface area contributed by atoms with Crippen molar-refractivity contribution in [3.8, 4) is 0 Å². The molecular formula is C15H19NO3S. The molecule has 4 nitrogen and oxygen atoms in total. The lowest BCUT2D eigenvalue weighted by Crippen LogP contribution is -2.39. The van der Waals surface area contributed by atoms with Gasteiger partial charge in [0, 0.05) is 28.4 Å². The standard InChI is InChI=1S/C15H19NO3S/c1-3-12-5-4-10(2)16(12)15(19)11-8-13(20-9-11)6-7-14(17)18/h6-10,12H,3-5H2,1-2H3,(H,17,18)/b7-6+. The Hall–Kier alpha value is -1.62. The number of hydrogen-bond acceptors (Lipinski definition) is 3. The van der Waals surface area contributed by atoms with Crippen LogP contribution in [0.1, 0.15) is 48.3 Å². The molecule has 1 aromatic heterocycles. The fraction of sp³-hybridized carbons (Fsp3) is 0.467. The molecule has 1 aliphatic heterocycles. The fourth-order valence-electron chi connectivity index (χ4n) is 2.69. The number of carbonyl (C=O) groups excluding carboxylic acids is 1. The lowest BCUT2D eigenvalue weighted by atomic mass is 10.1. The largest absolute Gasteiger partial charge is 0.478 e. The van der Waals surface area contributed by atoms with Crippen LogP contribution in [0.4, 0.5) is 0 Å². The maximum absolute atomic E-state index is 12.6. The highest BCUT2D eigenvalue weighted by Gasteiger charge is 2.33. The van der Waals surface area contributed by atoms with Crippen LogP contribution in [0.5, 0.6) is 0 Å². The quantitative estimate of drug-likeness (QED) is 0.867. The van der Waals surface area contributed by atoms with E-state index in [0.29, 0.717) is 11.6 Å². The van der Waals surface area contributed by atoms with Crippen LogP contribution in [0.3, 0.4) is 0 Å². The van der Waals surface area contributed by atoms with Crippen LogP contribution in [0, 0.1) is 0 Å². The van der Waals surface area contributed by atoms with Gasteiger partial charge in [-0.1, -0.05) is 6.92 Å². The molecule has 1 saturated heterocycles. The number of nitrogens with zero attached hydrogens (tertiary/aromatic N) is 1. The van der Waals surface area contributed by atoms with Crippen LogP contribution in [0.15, 0.2) is 17.5 Å². The van der Waals surface area contributed by atoms with Crippen molar-refractivity contribution in [2.75, 3.05) is 0 Å². The number of thiophene rings is 1. The number of carboxylic acid groups (broad SMARTS) is 1. The van der Waals surface area contributed by atoms with E-state index in [1.807, 2.05) is 10.3 Å². The third kappa shape index (κ3) is 3.10. The summed E-state index contributed by atoms with van der Waals surface area (Å²) in [7, 11) is 0. The molecule has 2 atom stereocenters. The van der Waals surface area contributed by atoms with Crippen molar-refractivity contribution in [3.05, 3.63) is 28.0 Å². The van der Waals surface area contributed by atoms with Crippen LogP contribution < -0.4 is 0 Å². The summed E-state index contributed by atoms with van der Waals surface area (Å²) in [5, 5.41) is 10.4. The summed E-state index contributed by atoms with van der Waals surface area (Å²) in [4.78, 5) is 25.8. The molecule has 20 heavy (non-hydrogen) atoms. The first-order chi connectivity index (χ1) is 9.52. The zero-order chi connectivity index (χ0) is 14.7. The molecule has 1 aliphatic rings. The van der Waals surface area contributed by atoms with Gasteiger partial charge in [-0.05, 0) is 38.3 Å². The highest BCUT2D eigenvalue weighted by atomic mass is 32.1. The summed E-state index contributed by atoms with van der Waals surface area (Å²) in [5.74, 6) is -0.918. The Balaban J connectivity index is 2.15. The summed E-state index contributed by atoms with van der Waals surface area (Å²) in [6.07, 6.45) is 5.72. The Morgan fingerprint density at radius 3 is 2.90 bits per heavy atom. The maximum atomic E-state index is 12.6. The molecule has 0 radical (unpaired) electrons. The van der Waals surface area contributed by atoms with E-state index in [-0.39, 0.29) is 11.9 Å². The van der Waals surface area contributed by atoms with Gasteiger partial charge in [-0.2, -0.15) is 0 Å². The molecule has 108 valence electrons. The van der Waals surface area contributed by atoms with E-state index in [4.69, 9.17) is 5.11 Å². The molecular weight excluding hydrogens is 274 g/mol. The van der Waals surface area contributed by atoms with Crippen molar-refractivity contribution in [3.63, 3.8) is 0 Å². The Morgan fingerprint density at radius 2 is 2.25 bits per heavy atom. The SMILES string of the molecule is CCC1CCC(C)N1C(=O)c1csc(/C=C/C(=O)O)c1. The van der Waals surface area contributed by atoms with Gasteiger partial charge in [-0.25, -0.2) is 4.79 Å². The molecule has 0 aliphatic carbocycles. The van der Waals surface area contributed by atoms with E-state index in [1.165, 1.54) is 17.4 Å². The van der Waals surface area contributed by atoms with E-state index in [2.05, 4.69) is 13.8 Å². The van der Waals surface area contributed by atoms with E-state index in [1.54, 1.807) is 6.07 Å². The minimum Gasteiger partial charge on any atom is -0.478 e. The summed E-state index contributed by atoms with van der Waals surface area (Å²) in [6, 6.07) is 2.38. The van der Waals surface area contributed by atoms with Gasteiger partial charge in [0.15, 0.2) is 0 Å². The van der Waals surface area contributed by atoms with Crippen LogP contribution in [0.2, 0.25) is 0 Å². The number of amides is 1. The number of carboxylic acids is 1. The van der Waals surface area contributed by atoms with Crippen LogP contribution in [-0.2, 0) is 4.79 Å². The summed E-state index contributed by atoms with van der Waals surface area (Å²) < 4.78 is 0. The molecule has 0 bridgehead atoms. The van der Waals surface area contributed by atoms with Gasteiger partial charge in [0.05, 0.1) is 5.56 Å². The van der Waals surface area contributed by atoms with Crippen molar-refractivity contribution < 1.29 is 14.7 Å². The molecule has 2 heterocycles. The number of aliphatic carboxylic acids is 1. The predicted octanol–water partition coefficient (Wildman–Crippen LogP) is 3.25. The van der Waals surface area contributed by atoms with Gasteiger partial charge >= 0.3 is 5.97 Å². The summed E-state index contributed by atoms with van der Waals surface area (Å²) in [5.41, 5.74) is 0.659. The molecule has 5 heteroatoms. The van der Waals surface area contributed by atoms with Crippen molar-refractivity contribution in [2.24, 2.45) is 0 Å². The highest BCUT2D eigenvalue weighted by molar-refractivity contribution is 7.11. The maximum Gasteiger partial charge on any atom is 0.328 e. The third-order valence-corrected chi connectivity index (χ3v) is 4.65. The fourth-order valence-corrected chi connectivity index (χ4v) is 3.47. The zero-order valence-corrected chi connectivity index (χ0v) is 12.5. The first-order valence-electron chi connectivity index (χ1n) is 6.85. The molecule has 1 N–H and O–H groups in total. The molecule has 1 aromatic rings. The third-order valence-electron chi connectivity index (χ3n) is 3.75. The number of likely N-dealkylation sites (tertiary alicyclic amines) is 1. The summed E-state index contributed by atoms with van der Waals surface area (Å²) >= 11 is 1.39. The summed E-state index contributed by atoms with van der Waals surface area (Å²) in [6.45, 7) is 4.20. The Kier molecular flexibility index (Phi) is 4.60. The van der Waals surface area contributed by atoms with Crippen molar-refractivity contribution >= 4 is 29.3 Å². The second-order valence-electron chi connectivity index (χ2n) is 5.11. The second-order valence-corrected chi connectivity index (χ2v) is 6.05. The second kappa shape index (κ2) is 6.22. The molecule has 0 saturated carbocycles. The van der Waals surface area contributed by atoms with E-state index in [0.717, 1.165) is 30.2 Å². The number of hydrogen-bond donors (Lipinski definition) is 1. The molecule has 1 amide bonds. The Morgan fingerprint density at radius 1 is 1.50 bits per heavy atom. The lowest BCUT2D eigenvalue weighted by Gasteiger charge is -2.27. The minimum absolute atomic E-state index is 0.0630. The van der Waals surface area contributed by atoms with Crippen molar-refractivity contribution in [1.82, 2.24) is 4.90 Å². The normalized spacial score (nSPS) is 22.6. The Labute approximate surface area is 122 Å². The lowest BCUT2D eigenvalue weighted by molar-refractivity contribution is -0.131. The van der Waals surface area contributed by atoms with E-state index < -0.39 is 5.97 Å².